The minimum absolute atomic E-state index is 0.0254. The molecule has 2 rings (SSSR count). The number of ether oxygens (including phenoxy) is 1. The first kappa shape index (κ1) is 11.8. The van der Waals surface area contributed by atoms with Crippen LogP contribution >= 0.6 is 0 Å². The van der Waals surface area contributed by atoms with Crippen LogP contribution in [-0.2, 0) is 13.7 Å². The summed E-state index contributed by atoms with van der Waals surface area (Å²) in [4.78, 5) is 12.3. The summed E-state index contributed by atoms with van der Waals surface area (Å²) in [5.74, 6) is -0.552. The largest absolute Gasteiger partial charge is 0.484 e. The molecule has 0 amide bonds. The fourth-order valence-corrected chi connectivity index (χ4v) is 1.36. The fraction of sp³-hybridized carbons (Fsp3) is 0.200. The quantitative estimate of drug-likeness (QED) is 0.736. The maximum absolute atomic E-state index is 11.0. The second kappa shape index (κ2) is 4.70. The number of nitrogen functional groups attached to an aromatic ring is 1. The molecule has 0 bridgehead atoms. The van der Waals surface area contributed by atoms with E-state index >= 15 is 0 Å². The number of carboxylic acids is 1. The summed E-state index contributed by atoms with van der Waals surface area (Å²) in [5, 5.41) is 20.3. The number of tetrazole rings is 1. The molecular formula is C10H11N5O3. The monoisotopic (exact) mass is 249 g/mol. The van der Waals surface area contributed by atoms with Gasteiger partial charge in [0.25, 0.3) is 0 Å². The Morgan fingerprint density at radius 1 is 1.56 bits per heavy atom. The van der Waals surface area contributed by atoms with E-state index in [1.54, 1.807) is 7.05 Å². The number of carbonyl (C=O) groups is 1. The van der Waals surface area contributed by atoms with Crippen LogP contribution in [0, 0.1) is 0 Å². The molecule has 1 heterocycles. The van der Waals surface area contributed by atoms with E-state index in [9.17, 15) is 4.79 Å². The van der Waals surface area contributed by atoms with E-state index in [-0.39, 0.29) is 17.9 Å². The van der Waals surface area contributed by atoms with Gasteiger partial charge in [-0.2, -0.15) is 4.80 Å². The molecule has 3 N–H and O–H groups in total. The number of hydrogen-bond donors (Lipinski definition) is 2. The van der Waals surface area contributed by atoms with E-state index in [1.807, 2.05) is 0 Å². The van der Waals surface area contributed by atoms with Gasteiger partial charge in [0.05, 0.1) is 7.05 Å². The van der Waals surface area contributed by atoms with Crippen molar-refractivity contribution in [1.82, 2.24) is 20.2 Å². The lowest BCUT2D eigenvalue weighted by molar-refractivity contribution is 0.0691. The number of benzene rings is 1. The fourth-order valence-electron chi connectivity index (χ4n) is 1.36. The van der Waals surface area contributed by atoms with Gasteiger partial charge in [-0.15, -0.1) is 10.2 Å². The Hall–Kier alpha value is -2.64. The van der Waals surface area contributed by atoms with Crippen LogP contribution in [-0.4, -0.2) is 31.3 Å². The number of aromatic nitrogens is 4. The van der Waals surface area contributed by atoms with Crippen molar-refractivity contribution in [2.24, 2.45) is 7.05 Å². The van der Waals surface area contributed by atoms with Gasteiger partial charge in [0.15, 0.2) is 6.61 Å². The third kappa shape index (κ3) is 2.54. The van der Waals surface area contributed by atoms with Gasteiger partial charge in [-0.25, -0.2) is 4.79 Å². The van der Waals surface area contributed by atoms with E-state index in [2.05, 4.69) is 15.4 Å². The molecule has 2 aromatic rings. The van der Waals surface area contributed by atoms with Crippen molar-refractivity contribution in [2.75, 3.05) is 5.73 Å². The molecule has 0 aliphatic carbocycles. The molecule has 1 aromatic carbocycles. The van der Waals surface area contributed by atoms with Crippen molar-refractivity contribution in [2.45, 2.75) is 6.61 Å². The predicted molar refractivity (Wildman–Crippen MR) is 60.9 cm³/mol. The molecule has 0 atom stereocenters. The summed E-state index contributed by atoms with van der Waals surface area (Å²) in [7, 11) is 1.62. The molecule has 8 nitrogen and oxygen atoms in total. The maximum atomic E-state index is 11.0. The smallest absolute Gasteiger partial charge is 0.339 e. The molecule has 8 heteroatoms. The van der Waals surface area contributed by atoms with Crippen LogP contribution in [0.25, 0.3) is 0 Å². The van der Waals surface area contributed by atoms with Crippen LogP contribution in [0.5, 0.6) is 5.75 Å². The highest BCUT2D eigenvalue weighted by molar-refractivity contribution is 5.91. The van der Waals surface area contributed by atoms with Crippen LogP contribution in [0.15, 0.2) is 18.2 Å². The Morgan fingerprint density at radius 3 is 2.94 bits per heavy atom. The van der Waals surface area contributed by atoms with Crippen molar-refractivity contribution in [3.05, 3.63) is 29.6 Å². The molecular weight excluding hydrogens is 238 g/mol. The molecule has 1 aromatic heterocycles. The summed E-state index contributed by atoms with van der Waals surface area (Å²) in [6.07, 6.45) is 0. The van der Waals surface area contributed by atoms with Crippen molar-refractivity contribution in [3.63, 3.8) is 0 Å². The van der Waals surface area contributed by atoms with Crippen LogP contribution in [0.1, 0.15) is 16.2 Å². The summed E-state index contributed by atoms with van der Waals surface area (Å²) < 4.78 is 5.34. The lowest BCUT2D eigenvalue weighted by Crippen LogP contribution is -2.05. The Morgan fingerprint density at radius 2 is 2.33 bits per heavy atom. The lowest BCUT2D eigenvalue weighted by atomic mass is 10.2. The van der Waals surface area contributed by atoms with Gasteiger partial charge < -0.3 is 15.6 Å². The van der Waals surface area contributed by atoms with Gasteiger partial charge in [0, 0.05) is 11.8 Å². The van der Waals surface area contributed by atoms with Gasteiger partial charge in [-0.3, -0.25) is 0 Å². The average molecular weight is 249 g/mol. The SMILES string of the molecule is Cn1nnc(COc2cc(N)ccc2C(=O)O)n1. The van der Waals surface area contributed by atoms with Crippen LogP contribution < -0.4 is 10.5 Å². The van der Waals surface area contributed by atoms with Gasteiger partial charge in [0.2, 0.25) is 5.82 Å². The summed E-state index contributed by atoms with van der Waals surface area (Å²) >= 11 is 0. The van der Waals surface area contributed by atoms with Gasteiger partial charge in [-0.1, -0.05) is 0 Å². The second-order valence-electron chi connectivity index (χ2n) is 3.54. The zero-order valence-electron chi connectivity index (χ0n) is 9.57. The highest BCUT2D eigenvalue weighted by atomic mass is 16.5. The lowest BCUT2D eigenvalue weighted by Gasteiger charge is -2.07. The number of nitrogens with two attached hydrogens (primary N) is 1. The predicted octanol–water partition coefficient (Wildman–Crippen LogP) is 0.0695. The number of aryl methyl sites for hydroxylation is 1. The van der Waals surface area contributed by atoms with E-state index in [0.29, 0.717) is 11.5 Å². The molecule has 0 fully saturated rings. The topological polar surface area (TPSA) is 116 Å². The normalized spacial score (nSPS) is 10.3. The molecule has 0 radical (unpaired) electrons. The molecule has 94 valence electrons. The summed E-state index contributed by atoms with van der Waals surface area (Å²) in [5.41, 5.74) is 6.03. The van der Waals surface area contributed by atoms with Crippen LogP contribution in [0.2, 0.25) is 0 Å². The second-order valence-corrected chi connectivity index (χ2v) is 3.54. The number of anilines is 1. The molecule has 0 aliphatic heterocycles. The van der Waals surface area contributed by atoms with Crippen LogP contribution in [0.4, 0.5) is 5.69 Å². The van der Waals surface area contributed by atoms with E-state index in [0.717, 1.165) is 0 Å². The Labute approximate surface area is 102 Å². The first-order chi connectivity index (χ1) is 8.56. The number of hydrogen-bond acceptors (Lipinski definition) is 6. The maximum Gasteiger partial charge on any atom is 0.339 e. The van der Waals surface area contributed by atoms with Gasteiger partial charge >= 0.3 is 5.97 Å². The number of nitrogens with zero attached hydrogens (tertiary/aromatic N) is 4. The van der Waals surface area contributed by atoms with Crippen molar-refractivity contribution >= 4 is 11.7 Å². The minimum Gasteiger partial charge on any atom is -0.484 e. The van der Waals surface area contributed by atoms with Crippen molar-refractivity contribution < 1.29 is 14.6 Å². The molecule has 0 spiro atoms. The molecule has 0 aliphatic rings. The van der Waals surface area contributed by atoms with Gasteiger partial charge in [0.1, 0.15) is 11.3 Å². The average Bonchev–Trinajstić information content (AvgIpc) is 2.72. The standard InChI is InChI=1S/C10H11N5O3/c1-15-13-9(12-14-15)5-18-8-4-6(11)2-3-7(8)10(16)17/h2-4H,5,11H2,1H3,(H,16,17). The summed E-state index contributed by atoms with van der Waals surface area (Å²) in [6, 6.07) is 4.33. The highest BCUT2D eigenvalue weighted by Crippen LogP contribution is 2.22. The highest BCUT2D eigenvalue weighted by Gasteiger charge is 2.12. The molecule has 0 saturated heterocycles. The molecule has 18 heavy (non-hydrogen) atoms. The zero-order valence-corrected chi connectivity index (χ0v) is 9.57. The number of aromatic carboxylic acids is 1. The number of rotatable bonds is 4. The van der Waals surface area contributed by atoms with E-state index < -0.39 is 5.97 Å². The summed E-state index contributed by atoms with van der Waals surface area (Å²) in [6.45, 7) is 0.0254. The Bertz CT molecular complexity index is 581. The molecule has 0 unspecified atom stereocenters. The number of carboxylic acid groups (broad SMARTS) is 1. The van der Waals surface area contributed by atoms with Gasteiger partial charge in [-0.05, 0) is 17.3 Å². The zero-order chi connectivity index (χ0) is 13.1. The third-order valence-electron chi connectivity index (χ3n) is 2.14. The minimum atomic E-state index is -1.09. The molecule has 0 saturated carbocycles. The third-order valence-corrected chi connectivity index (χ3v) is 2.14. The van der Waals surface area contributed by atoms with E-state index in [1.165, 1.54) is 23.0 Å². The van der Waals surface area contributed by atoms with Crippen LogP contribution in [0.3, 0.4) is 0 Å². The Balaban J connectivity index is 2.17. The van der Waals surface area contributed by atoms with E-state index in [4.69, 9.17) is 15.6 Å². The first-order valence-corrected chi connectivity index (χ1v) is 5.05. The van der Waals surface area contributed by atoms with Crippen molar-refractivity contribution in [1.29, 1.82) is 0 Å². The Kier molecular flexibility index (Phi) is 3.09. The first-order valence-electron chi connectivity index (χ1n) is 5.05. The van der Waals surface area contributed by atoms with Crippen molar-refractivity contribution in [3.8, 4) is 5.75 Å².